The average molecular weight is 278 g/mol. The first-order valence-electron chi connectivity index (χ1n) is 6.44. The molecule has 1 aliphatic heterocycles. The third kappa shape index (κ3) is 2.27. The van der Waals surface area contributed by atoms with Crippen LogP contribution in [-0.2, 0) is 11.2 Å². The zero-order valence-electron chi connectivity index (χ0n) is 11.5. The number of hydrogen-bond acceptors (Lipinski definition) is 4. The summed E-state index contributed by atoms with van der Waals surface area (Å²) in [5.41, 5.74) is 7.47. The van der Waals surface area contributed by atoms with E-state index in [1.54, 1.807) is 0 Å². The van der Waals surface area contributed by atoms with Gasteiger partial charge in [0.15, 0.2) is 0 Å². The first-order valence-corrected chi connectivity index (χ1v) is 6.44. The lowest BCUT2D eigenvalue weighted by Crippen LogP contribution is -2.56. The second-order valence-corrected chi connectivity index (χ2v) is 6.04. The van der Waals surface area contributed by atoms with Crippen molar-refractivity contribution in [2.45, 2.75) is 38.2 Å². The van der Waals surface area contributed by atoms with E-state index in [4.69, 9.17) is 10.5 Å². The van der Waals surface area contributed by atoms with Crippen LogP contribution >= 0.6 is 0 Å². The zero-order valence-corrected chi connectivity index (χ0v) is 11.5. The van der Waals surface area contributed by atoms with Crippen LogP contribution in [0.2, 0.25) is 0 Å². The van der Waals surface area contributed by atoms with Gasteiger partial charge in [-0.05, 0) is 26.3 Å². The molecule has 0 aromatic heterocycles. The summed E-state index contributed by atoms with van der Waals surface area (Å²) in [6, 6.07) is 3.72. The molecule has 1 fully saturated rings. The van der Waals surface area contributed by atoms with Gasteiger partial charge in [0, 0.05) is 45.5 Å². The summed E-state index contributed by atoms with van der Waals surface area (Å²) in [4.78, 5) is 22.3. The van der Waals surface area contributed by atoms with Gasteiger partial charge in [-0.2, -0.15) is 0 Å². The second kappa shape index (κ2) is 4.56. The number of nitrogens with two attached hydrogens (primary N) is 1. The van der Waals surface area contributed by atoms with Crippen molar-refractivity contribution in [3.05, 3.63) is 28.2 Å². The highest BCUT2D eigenvalue weighted by atomic mass is 16.5. The van der Waals surface area contributed by atoms with Crippen molar-refractivity contribution < 1.29 is 20.2 Å². The van der Waals surface area contributed by atoms with Crippen LogP contribution in [0.15, 0.2) is 12.1 Å². The molecule has 108 valence electrons. The van der Waals surface area contributed by atoms with Crippen LogP contribution in [-0.4, -0.2) is 17.0 Å². The minimum Gasteiger partial charge on any atom is -0.870 e. The molecule has 0 saturated heterocycles. The fourth-order valence-corrected chi connectivity index (χ4v) is 2.91. The molecule has 0 bridgehead atoms. The Kier molecular flexibility index (Phi) is 3.29. The number of carbonyl (C=O) groups excluding carboxylic acids is 1. The summed E-state index contributed by atoms with van der Waals surface area (Å²) < 4.78 is 5.86. The topological polar surface area (TPSA) is 113 Å². The molecule has 4 N–H and O–H groups in total. The van der Waals surface area contributed by atoms with Gasteiger partial charge in [0.1, 0.15) is 11.4 Å². The van der Waals surface area contributed by atoms with Gasteiger partial charge in [0.05, 0.1) is 0 Å². The average Bonchev–Trinajstić information content (AvgIpc) is 3.04. The molecule has 1 aromatic carbocycles. The normalized spacial score (nSPS) is 25.1. The molecule has 3 rings (SSSR count). The molecule has 6 nitrogen and oxygen atoms in total. The van der Waals surface area contributed by atoms with E-state index in [-0.39, 0.29) is 28.8 Å². The number of amides is 1. The lowest BCUT2D eigenvalue weighted by atomic mass is 9.98. The Labute approximate surface area is 116 Å². The van der Waals surface area contributed by atoms with Crippen LogP contribution in [0.4, 0.5) is 5.69 Å². The van der Waals surface area contributed by atoms with E-state index in [1.807, 2.05) is 31.2 Å². The Bertz CT molecular complexity index is 583. The lowest BCUT2D eigenvalue weighted by Gasteiger charge is -2.16. The van der Waals surface area contributed by atoms with E-state index in [1.165, 1.54) is 0 Å². The third-order valence-electron chi connectivity index (χ3n) is 3.90. The van der Waals surface area contributed by atoms with Crippen LogP contribution in [0.1, 0.15) is 37.3 Å². The van der Waals surface area contributed by atoms with Crippen LogP contribution in [0.3, 0.4) is 0 Å². The molecule has 1 aliphatic carbocycles. The van der Waals surface area contributed by atoms with Crippen molar-refractivity contribution in [1.29, 1.82) is 0 Å². The molecule has 0 unspecified atom stereocenters. The van der Waals surface area contributed by atoms with Gasteiger partial charge in [-0.25, -0.2) is 0 Å². The van der Waals surface area contributed by atoms with E-state index in [0.29, 0.717) is 12.1 Å². The minimum atomic E-state index is -0.302. The number of carbonyl (C=O) groups is 1. The largest absolute Gasteiger partial charge is 0.870 e. The maximum Gasteiger partial charge on any atom is 0.257 e. The van der Waals surface area contributed by atoms with Crippen LogP contribution in [0.5, 0.6) is 5.75 Å². The van der Waals surface area contributed by atoms with E-state index in [9.17, 15) is 9.70 Å². The molecule has 1 aromatic rings. The van der Waals surface area contributed by atoms with Gasteiger partial charge in [-0.15, -0.1) is 0 Å². The third-order valence-corrected chi connectivity index (χ3v) is 3.90. The predicted molar refractivity (Wildman–Crippen MR) is 70.8 cm³/mol. The van der Waals surface area contributed by atoms with E-state index in [2.05, 4.69) is 0 Å². The second-order valence-electron chi connectivity index (χ2n) is 6.04. The highest BCUT2D eigenvalue weighted by Gasteiger charge is 2.46. The maximum absolute atomic E-state index is 11.2. The summed E-state index contributed by atoms with van der Waals surface area (Å²) in [6.45, 7) is 4.03. The number of primary amides is 1. The molecule has 20 heavy (non-hydrogen) atoms. The number of hydrogen-bond donors (Lipinski definition) is 2. The van der Waals surface area contributed by atoms with Gasteiger partial charge in [-0.1, -0.05) is 0 Å². The maximum atomic E-state index is 11.2. The van der Waals surface area contributed by atoms with Crippen molar-refractivity contribution in [2.75, 3.05) is 0 Å². The van der Waals surface area contributed by atoms with Crippen molar-refractivity contribution in [3.63, 3.8) is 0 Å². The molecule has 6 heteroatoms. The minimum absolute atomic E-state index is 0. The van der Waals surface area contributed by atoms with Gasteiger partial charge >= 0.3 is 0 Å². The molecular weight excluding hydrogens is 260 g/mol. The van der Waals surface area contributed by atoms with Crippen molar-refractivity contribution >= 4 is 11.6 Å². The monoisotopic (exact) mass is 278 g/mol. The number of rotatable bonds is 3. The Morgan fingerprint density at radius 2 is 2.15 bits per heavy atom. The molecule has 2 atom stereocenters. The Morgan fingerprint density at radius 1 is 1.45 bits per heavy atom. The molecule has 2 aliphatic rings. The highest BCUT2D eigenvalue weighted by Crippen LogP contribution is 2.51. The fraction of sp³-hybridized carbons (Fsp3) is 0.500. The van der Waals surface area contributed by atoms with Crippen molar-refractivity contribution in [3.8, 4) is 5.75 Å². The number of fused-ring (bicyclic) bond motifs is 1. The van der Waals surface area contributed by atoms with E-state index in [0.717, 1.165) is 23.3 Å². The molecule has 1 heterocycles. The summed E-state index contributed by atoms with van der Waals surface area (Å²) in [5.74, 6) is 0.406. The summed E-state index contributed by atoms with van der Waals surface area (Å²) in [5, 5.41) is 1.98. The van der Waals surface area contributed by atoms with Crippen molar-refractivity contribution in [1.82, 2.24) is 0 Å². The molecule has 0 radical (unpaired) electrons. The highest BCUT2D eigenvalue weighted by molar-refractivity contribution is 5.81. The molecular formula is C14H18N2O4. The quantitative estimate of drug-likeness (QED) is 0.827. The van der Waals surface area contributed by atoms with E-state index < -0.39 is 0 Å². The number of nitroso groups, excluding NO2 is 1. The van der Waals surface area contributed by atoms with Gasteiger partial charge < -0.3 is 15.9 Å². The van der Waals surface area contributed by atoms with Gasteiger partial charge in [0.2, 0.25) is 5.91 Å². The number of benzene rings is 1. The summed E-state index contributed by atoms with van der Waals surface area (Å²) in [6.07, 6.45) is 1.49. The summed E-state index contributed by atoms with van der Waals surface area (Å²) in [7, 11) is 0. The van der Waals surface area contributed by atoms with Crippen LogP contribution < -0.4 is 15.6 Å². The van der Waals surface area contributed by atoms with Crippen LogP contribution in [0.25, 0.3) is 0 Å². The summed E-state index contributed by atoms with van der Waals surface area (Å²) >= 11 is 0. The van der Waals surface area contributed by atoms with Crippen LogP contribution in [0, 0.1) is 10.8 Å². The standard InChI is InChI=1S/C14H16N2O3.H2O/c1-14(2)6-7-3-11(16-18)9(5-12(7)19-14)8-4-10(8)13(15)17;/h3,5,8,10H,4,6H2,1-2H3,(H2,15,17);1H2/t8-,10+;/m0./s1. The van der Waals surface area contributed by atoms with Gasteiger partial charge in [0.25, 0.3) is 5.69 Å². The SMILES string of the molecule is CC1(C)Cc2cc([NH+]=O)c([C@@H]3C[C@H]3C(N)=O)cc2O1.[OH-]. The zero-order chi connectivity index (χ0) is 13.8. The van der Waals surface area contributed by atoms with Crippen molar-refractivity contribution in [2.24, 2.45) is 11.7 Å². The van der Waals surface area contributed by atoms with E-state index >= 15 is 0 Å². The Hall–Kier alpha value is -1.95. The fourth-order valence-electron chi connectivity index (χ4n) is 2.91. The Balaban J connectivity index is 0.00000147. The number of ether oxygens (including phenoxy) is 1. The molecule has 1 amide bonds. The predicted octanol–water partition coefficient (Wildman–Crippen LogP) is 0.291. The molecule has 0 spiro atoms. The first kappa shape index (κ1) is 14.5. The number of nitrogens with one attached hydrogen (secondary N) is 1. The Morgan fingerprint density at radius 3 is 2.70 bits per heavy atom. The smallest absolute Gasteiger partial charge is 0.257 e. The lowest BCUT2D eigenvalue weighted by molar-refractivity contribution is -0.380. The molecule has 1 saturated carbocycles. The van der Waals surface area contributed by atoms with Gasteiger partial charge in [-0.3, -0.25) is 4.79 Å². The first-order chi connectivity index (χ1) is 8.91.